The van der Waals surface area contributed by atoms with Crippen molar-refractivity contribution in [2.24, 2.45) is 0 Å². The minimum absolute atomic E-state index is 0.0387. The lowest BCUT2D eigenvalue weighted by atomic mass is 9.82. The number of rotatable bonds is 3. The molecule has 140 valence electrons. The van der Waals surface area contributed by atoms with Gasteiger partial charge in [-0.2, -0.15) is 11.3 Å². The van der Waals surface area contributed by atoms with Crippen LogP contribution in [-0.2, 0) is 0 Å². The van der Waals surface area contributed by atoms with Crippen LogP contribution >= 0.6 is 11.3 Å². The molecule has 2 saturated heterocycles. The average molecular weight is 380 g/mol. The number of amides is 1. The van der Waals surface area contributed by atoms with Gasteiger partial charge in [0.2, 0.25) is 0 Å². The van der Waals surface area contributed by atoms with E-state index in [1.807, 2.05) is 22.9 Å². The van der Waals surface area contributed by atoms with Crippen LogP contribution in [0.4, 0.5) is 5.69 Å². The number of hydrogen-bond acceptors (Lipinski definition) is 3. The molecule has 4 heterocycles. The molecule has 2 aliphatic rings. The summed E-state index contributed by atoms with van der Waals surface area (Å²) in [4.78, 5) is 18.5. The number of carbonyl (C=O) groups excluding carboxylic acids is 1. The zero-order chi connectivity index (χ0) is 18.2. The molecule has 0 saturated carbocycles. The smallest absolute Gasteiger partial charge is 0.256 e. The van der Waals surface area contributed by atoms with Gasteiger partial charge in [-0.1, -0.05) is 6.42 Å². The summed E-state index contributed by atoms with van der Waals surface area (Å²) in [5.41, 5.74) is 4.17. The van der Waals surface area contributed by atoms with Crippen molar-refractivity contribution >= 4 is 33.8 Å². The molecule has 2 unspecified atom stereocenters. The van der Waals surface area contributed by atoms with Crippen LogP contribution in [-0.4, -0.2) is 34.9 Å². The third-order valence-electron chi connectivity index (χ3n) is 6.27. The Kier molecular flexibility index (Phi) is 4.50. The summed E-state index contributed by atoms with van der Waals surface area (Å²) in [5.74, 6) is 0.573. The molecule has 2 aliphatic heterocycles. The minimum Gasteiger partial charge on any atom is -0.361 e. The number of piperidine rings is 2. The molecular formula is C22H25N3OS. The van der Waals surface area contributed by atoms with Gasteiger partial charge in [-0.3, -0.25) is 4.79 Å². The third-order valence-corrected chi connectivity index (χ3v) is 6.95. The fourth-order valence-corrected chi connectivity index (χ4v) is 5.46. The summed E-state index contributed by atoms with van der Waals surface area (Å²) in [5, 5.41) is 8.12. The monoisotopic (exact) mass is 379 g/mol. The average Bonchev–Trinajstić information content (AvgIpc) is 3.37. The van der Waals surface area contributed by atoms with E-state index in [1.54, 1.807) is 11.3 Å². The number of nitrogens with zero attached hydrogens (tertiary/aromatic N) is 1. The van der Waals surface area contributed by atoms with E-state index in [9.17, 15) is 4.79 Å². The summed E-state index contributed by atoms with van der Waals surface area (Å²) in [6.45, 7) is 2.50. The molecule has 5 rings (SSSR count). The van der Waals surface area contributed by atoms with Gasteiger partial charge >= 0.3 is 0 Å². The number of aromatic amines is 1. The molecule has 2 atom stereocenters. The lowest BCUT2D eigenvalue weighted by Gasteiger charge is -2.42. The van der Waals surface area contributed by atoms with Gasteiger partial charge in [0.15, 0.2) is 0 Å². The molecule has 0 spiro atoms. The first kappa shape index (κ1) is 17.0. The highest BCUT2D eigenvalue weighted by atomic mass is 32.1. The maximum Gasteiger partial charge on any atom is 0.256 e. The highest BCUT2D eigenvalue weighted by Crippen LogP contribution is 2.38. The van der Waals surface area contributed by atoms with Crippen LogP contribution in [0.25, 0.3) is 10.9 Å². The van der Waals surface area contributed by atoms with Crippen LogP contribution in [0.15, 0.2) is 41.2 Å². The molecule has 27 heavy (non-hydrogen) atoms. The van der Waals surface area contributed by atoms with Crippen LogP contribution in [0, 0.1) is 0 Å². The van der Waals surface area contributed by atoms with Crippen LogP contribution in [0.2, 0.25) is 0 Å². The Hall–Kier alpha value is -2.11. The molecular weight excluding hydrogens is 354 g/mol. The van der Waals surface area contributed by atoms with E-state index in [0.717, 1.165) is 22.8 Å². The maximum absolute atomic E-state index is 12.4. The third kappa shape index (κ3) is 3.30. The van der Waals surface area contributed by atoms with E-state index in [-0.39, 0.29) is 5.91 Å². The highest BCUT2D eigenvalue weighted by molar-refractivity contribution is 7.08. The van der Waals surface area contributed by atoms with E-state index >= 15 is 0 Å². The zero-order valence-corrected chi connectivity index (χ0v) is 16.2. The molecule has 0 bridgehead atoms. The predicted octanol–water partition coefficient (Wildman–Crippen LogP) is 5.21. The van der Waals surface area contributed by atoms with Crippen molar-refractivity contribution in [3.05, 3.63) is 52.3 Å². The minimum atomic E-state index is -0.0387. The van der Waals surface area contributed by atoms with Gasteiger partial charge < -0.3 is 15.2 Å². The number of H-pyrrole nitrogens is 1. The standard InChI is InChI=1S/C22H25N3OS/c26-22(16-7-10-27-14-16)24-17-4-5-21-19(12-17)20(13-23-21)15-6-9-25-8-2-1-3-18(25)11-15/h4-5,7,10,12-15,18,23H,1-3,6,8-9,11H2,(H,24,26). The SMILES string of the molecule is O=C(Nc1ccc2[nH]cc(C3CCN4CCCCC4C3)c2c1)c1ccsc1. The topological polar surface area (TPSA) is 48.1 Å². The molecule has 5 heteroatoms. The normalized spacial score (nSPS) is 23.3. The van der Waals surface area contributed by atoms with E-state index in [2.05, 4.69) is 33.5 Å². The van der Waals surface area contributed by atoms with E-state index in [0.29, 0.717) is 5.92 Å². The fourth-order valence-electron chi connectivity index (χ4n) is 4.83. The summed E-state index contributed by atoms with van der Waals surface area (Å²) in [6.07, 6.45) is 8.77. The van der Waals surface area contributed by atoms with Gasteiger partial charge in [-0.25, -0.2) is 0 Å². The quantitative estimate of drug-likeness (QED) is 0.656. The van der Waals surface area contributed by atoms with Crippen molar-refractivity contribution in [2.75, 3.05) is 18.4 Å². The van der Waals surface area contributed by atoms with Gasteiger partial charge in [-0.05, 0) is 79.9 Å². The van der Waals surface area contributed by atoms with Crippen molar-refractivity contribution < 1.29 is 4.79 Å². The molecule has 4 nitrogen and oxygen atoms in total. The van der Waals surface area contributed by atoms with Crippen molar-refractivity contribution in [3.8, 4) is 0 Å². The van der Waals surface area contributed by atoms with Gasteiger partial charge in [-0.15, -0.1) is 0 Å². The van der Waals surface area contributed by atoms with Crippen LogP contribution in [0.5, 0.6) is 0 Å². The van der Waals surface area contributed by atoms with Crippen molar-refractivity contribution in [1.82, 2.24) is 9.88 Å². The number of hydrogen-bond donors (Lipinski definition) is 2. The molecule has 1 amide bonds. The Morgan fingerprint density at radius 3 is 3.04 bits per heavy atom. The molecule has 0 aliphatic carbocycles. The van der Waals surface area contributed by atoms with Crippen LogP contribution in [0.3, 0.4) is 0 Å². The highest BCUT2D eigenvalue weighted by Gasteiger charge is 2.31. The van der Waals surface area contributed by atoms with E-state index < -0.39 is 0 Å². The first-order valence-electron chi connectivity index (χ1n) is 9.96. The summed E-state index contributed by atoms with van der Waals surface area (Å²) in [6, 6.07) is 8.81. The molecule has 0 radical (unpaired) electrons. The number of anilines is 1. The Bertz CT molecular complexity index is 946. The van der Waals surface area contributed by atoms with Crippen molar-refractivity contribution in [3.63, 3.8) is 0 Å². The second-order valence-electron chi connectivity index (χ2n) is 7.88. The van der Waals surface area contributed by atoms with Crippen LogP contribution in [0.1, 0.15) is 53.9 Å². The Labute approximate surface area is 163 Å². The number of benzene rings is 1. The summed E-state index contributed by atoms with van der Waals surface area (Å²) in [7, 11) is 0. The van der Waals surface area contributed by atoms with Crippen molar-refractivity contribution in [2.45, 2.75) is 44.1 Å². The van der Waals surface area contributed by atoms with Crippen molar-refractivity contribution in [1.29, 1.82) is 0 Å². The number of carbonyl (C=O) groups is 1. The maximum atomic E-state index is 12.4. The second-order valence-corrected chi connectivity index (χ2v) is 8.66. The molecule has 2 N–H and O–H groups in total. The lowest BCUT2D eigenvalue weighted by Crippen LogP contribution is -2.44. The molecule has 1 aromatic carbocycles. The fraction of sp³-hybridized carbons (Fsp3) is 0.409. The molecule has 2 aromatic heterocycles. The number of thiophene rings is 1. The number of aromatic nitrogens is 1. The summed E-state index contributed by atoms with van der Waals surface area (Å²) < 4.78 is 0. The van der Waals surface area contributed by atoms with Gasteiger partial charge in [0.05, 0.1) is 5.56 Å². The van der Waals surface area contributed by atoms with E-state index in [1.165, 1.54) is 56.1 Å². The predicted molar refractivity (Wildman–Crippen MR) is 112 cm³/mol. The lowest BCUT2D eigenvalue weighted by molar-refractivity contribution is 0.0977. The van der Waals surface area contributed by atoms with Gasteiger partial charge in [0.25, 0.3) is 5.91 Å². The Balaban J connectivity index is 1.39. The molecule has 2 fully saturated rings. The van der Waals surface area contributed by atoms with Gasteiger partial charge in [0.1, 0.15) is 0 Å². The first-order chi connectivity index (χ1) is 13.3. The van der Waals surface area contributed by atoms with E-state index in [4.69, 9.17) is 0 Å². The second kappa shape index (κ2) is 7.13. The van der Waals surface area contributed by atoms with Crippen LogP contribution < -0.4 is 5.32 Å². The first-order valence-corrected chi connectivity index (χ1v) is 10.9. The zero-order valence-electron chi connectivity index (χ0n) is 15.4. The Morgan fingerprint density at radius 1 is 1.19 bits per heavy atom. The summed E-state index contributed by atoms with van der Waals surface area (Å²) >= 11 is 1.54. The number of nitrogens with one attached hydrogen (secondary N) is 2. The Morgan fingerprint density at radius 2 is 2.15 bits per heavy atom. The van der Waals surface area contributed by atoms with Gasteiger partial charge in [0, 0.05) is 34.2 Å². The molecule has 3 aromatic rings. The number of fused-ring (bicyclic) bond motifs is 2. The largest absolute Gasteiger partial charge is 0.361 e.